The first-order valence-corrected chi connectivity index (χ1v) is 26.7. The fraction of sp³-hybridized carbons (Fsp3) is 0.745. The van der Waals surface area contributed by atoms with Crippen LogP contribution in [0.15, 0.2) is 60.8 Å². The minimum atomic E-state index is -5.45. The zero-order valence-electron chi connectivity index (χ0n) is 40.6. The Balaban J connectivity index is 2.05. The van der Waals surface area contributed by atoms with Gasteiger partial charge in [-0.1, -0.05) is 139 Å². The van der Waals surface area contributed by atoms with Gasteiger partial charge in [0.15, 0.2) is 6.10 Å². The topological polar surface area (TPSA) is 267 Å². The van der Waals surface area contributed by atoms with E-state index in [0.29, 0.717) is 44.9 Å². The quantitative estimate of drug-likeness (QED) is 0.0208. The van der Waals surface area contributed by atoms with Crippen molar-refractivity contribution in [2.75, 3.05) is 13.2 Å². The summed E-state index contributed by atoms with van der Waals surface area (Å²) in [7, 11) is -5.45. The molecule has 0 aromatic carbocycles. The van der Waals surface area contributed by atoms with Gasteiger partial charge in [-0.3, -0.25) is 23.4 Å². The Morgan fingerprint density at radius 3 is 2.04 bits per heavy atom. The van der Waals surface area contributed by atoms with Crippen molar-refractivity contribution in [2.45, 2.75) is 216 Å². The van der Waals surface area contributed by atoms with Crippen molar-refractivity contribution >= 4 is 25.5 Å². The molecule has 16 nitrogen and oxygen atoms in total. The highest BCUT2D eigenvalue weighted by molar-refractivity contribution is 7.47. The number of hydrogen-bond donors (Lipinski definition) is 8. The van der Waals surface area contributed by atoms with Gasteiger partial charge in [-0.05, 0) is 64.2 Å². The van der Waals surface area contributed by atoms with Crippen LogP contribution >= 0.6 is 7.82 Å². The SMILES string of the molecule is CC/C=C\C/C=C\C/C=C\C/C=C\CCCCCCCCC(=O)OC[C@@H]1COP(=O)(O)O[C@H]2[C@H](O)[C@@H](O)[C@H](O)[C@@H](CCCCCCC(=O)O1)C(=O)C[C@@H](O)[C@H](/C=C/[C@@H](O)CCCCC)[C@@H](O)[C@H]2O. The Morgan fingerprint density at radius 2 is 1.37 bits per heavy atom. The highest BCUT2D eigenvalue weighted by Gasteiger charge is 2.49. The zero-order valence-corrected chi connectivity index (χ0v) is 41.5. The molecule has 1 saturated carbocycles. The maximum Gasteiger partial charge on any atom is 0.472 e. The number of cyclic esters (lactones) is 1. The number of ketones is 1. The number of phosphoric acid groups is 1. The average Bonchev–Trinajstić information content (AvgIpc) is 3.31. The van der Waals surface area contributed by atoms with Crippen LogP contribution in [0.5, 0.6) is 0 Å². The van der Waals surface area contributed by atoms with E-state index in [9.17, 15) is 59.6 Å². The fourth-order valence-corrected chi connectivity index (χ4v) is 9.10. The number of aliphatic hydroxyl groups excluding tert-OH is 7. The Kier molecular flexibility index (Phi) is 32.5. The molecule has 1 aliphatic heterocycles. The lowest BCUT2D eigenvalue weighted by atomic mass is 9.83. The lowest BCUT2D eigenvalue weighted by molar-refractivity contribution is -0.166. The minimum Gasteiger partial charge on any atom is -0.462 e. The molecule has 0 amide bonds. The third-order valence-electron chi connectivity index (χ3n) is 12.2. The number of phosphoric ester groups is 1. The predicted molar refractivity (Wildman–Crippen MR) is 259 cm³/mol. The van der Waals surface area contributed by atoms with Crippen LogP contribution < -0.4 is 0 Å². The number of ether oxygens (including phenoxy) is 2. The number of aliphatic hydroxyl groups is 7. The first-order chi connectivity index (χ1) is 32.6. The molecule has 2 bridgehead atoms. The number of unbranched alkanes of at least 4 members (excludes halogenated alkanes) is 8. The second-order valence-electron chi connectivity index (χ2n) is 18.1. The van der Waals surface area contributed by atoms with Crippen molar-refractivity contribution in [3.63, 3.8) is 0 Å². The number of carbonyl (C=O) groups is 3. The molecule has 1 aliphatic carbocycles. The van der Waals surface area contributed by atoms with E-state index in [0.717, 1.165) is 77.0 Å². The molecule has 1 unspecified atom stereocenters. The normalized spacial score (nSPS) is 30.6. The smallest absolute Gasteiger partial charge is 0.462 e. The Labute approximate surface area is 404 Å². The summed E-state index contributed by atoms with van der Waals surface area (Å²) in [6.07, 6.45) is 16.2. The van der Waals surface area contributed by atoms with Crippen LogP contribution in [0.25, 0.3) is 0 Å². The Bertz CT molecular complexity index is 1600. The molecule has 0 aromatic rings. The van der Waals surface area contributed by atoms with Gasteiger partial charge in [0.25, 0.3) is 0 Å². The Morgan fingerprint density at radius 1 is 0.750 bits per heavy atom. The highest BCUT2D eigenvalue weighted by atomic mass is 31.2. The van der Waals surface area contributed by atoms with Crippen LogP contribution in [0.2, 0.25) is 0 Å². The van der Waals surface area contributed by atoms with E-state index in [1.165, 1.54) is 12.2 Å². The van der Waals surface area contributed by atoms with E-state index in [1.807, 2.05) is 6.92 Å². The molecular weight excluding hydrogens is 900 g/mol. The fourth-order valence-electron chi connectivity index (χ4n) is 8.13. The standard InChI is InChI=1S/C51H85O16P/c1-3-5-7-8-9-10-11-12-13-14-15-16-17-18-19-20-21-22-27-31-44(55)64-36-39-37-65-68(62,63)67-51-49(60)47(58)41(34-33-38(52)29-25-6-4-2)43(54)35-42(53)40(46(57)48(59)50(51)61)30-26-23-24-28-32-45(56)66-39/h5,7,9-10,12-13,15-16,33-34,38-41,43,46-52,54,57-61H,3-4,6,8,11,14,17-32,35-37H2,1-2H3,(H,62,63)/b7-5-,10-9-,13-12-,16-15-,34-33+/t38-,39+,40-,41-,43+,46+,47+,48-,49+,50+,51+/m0/s1. The van der Waals surface area contributed by atoms with Crippen LogP contribution in [0.3, 0.4) is 0 Å². The molecule has 68 heavy (non-hydrogen) atoms. The highest BCUT2D eigenvalue weighted by Crippen LogP contribution is 2.47. The van der Waals surface area contributed by atoms with Crippen molar-refractivity contribution in [3.05, 3.63) is 60.8 Å². The van der Waals surface area contributed by atoms with Crippen molar-refractivity contribution < 1.29 is 78.1 Å². The first kappa shape index (κ1) is 61.3. The zero-order chi connectivity index (χ0) is 50.2. The summed E-state index contributed by atoms with van der Waals surface area (Å²) in [6, 6.07) is 0. The van der Waals surface area contributed by atoms with Crippen molar-refractivity contribution in [1.82, 2.24) is 0 Å². The largest absolute Gasteiger partial charge is 0.472 e. The summed E-state index contributed by atoms with van der Waals surface area (Å²) < 4.78 is 34.7. The summed E-state index contributed by atoms with van der Waals surface area (Å²) in [5, 5.41) is 78.6. The molecule has 2 fully saturated rings. The summed E-state index contributed by atoms with van der Waals surface area (Å²) >= 11 is 0. The van der Waals surface area contributed by atoms with Gasteiger partial charge in [0, 0.05) is 31.1 Å². The molecular formula is C51H85O16P. The van der Waals surface area contributed by atoms with Crippen LogP contribution in [-0.4, -0.2) is 127 Å². The van der Waals surface area contributed by atoms with Gasteiger partial charge in [-0.25, -0.2) is 4.57 Å². The molecule has 1 saturated heterocycles. The summed E-state index contributed by atoms with van der Waals surface area (Å²) in [5.74, 6) is -4.89. The van der Waals surface area contributed by atoms with E-state index in [2.05, 4.69) is 55.5 Å². The third kappa shape index (κ3) is 25.8. The molecule has 0 radical (unpaired) electrons. The maximum absolute atomic E-state index is 13.6. The molecule has 2 aliphatic rings. The maximum atomic E-state index is 13.6. The number of esters is 2. The molecule has 0 aromatic heterocycles. The van der Waals surface area contributed by atoms with Crippen LogP contribution in [0.1, 0.15) is 162 Å². The molecule has 2 rings (SSSR count). The third-order valence-corrected chi connectivity index (χ3v) is 13.2. The number of Topliss-reactive ketones (excluding diaryl/α,β-unsaturated/α-hetero) is 1. The van der Waals surface area contributed by atoms with E-state index in [-0.39, 0.29) is 19.3 Å². The second kappa shape index (κ2) is 36.1. The van der Waals surface area contributed by atoms with Gasteiger partial charge in [-0.15, -0.1) is 0 Å². The predicted octanol–water partition coefficient (Wildman–Crippen LogP) is 7.09. The number of hydrogen-bond acceptors (Lipinski definition) is 15. The molecule has 17 heteroatoms. The number of allylic oxidation sites excluding steroid dienone is 8. The number of rotatable bonds is 24. The van der Waals surface area contributed by atoms with Crippen molar-refractivity contribution in [2.24, 2.45) is 11.8 Å². The average molecular weight is 985 g/mol. The molecule has 390 valence electrons. The van der Waals surface area contributed by atoms with Gasteiger partial charge < -0.3 is 50.1 Å². The molecule has 8 N–H and O–H groups in total. The summed E-state index contributed by atoms with van der Waals surface area (Å²) in [4.78, 5) is 50.1. The van der Waals surface area contributed by atoms with Crippen molar-refractivity contribution in [3.8, 4) is 0 Å². The van der Waals surface area contributed by atoms with Gasteiger partial charge in [0.2, 0.25) is 0 Å². The van der Waals surface area contributed by atoms with Crippen molar-refractivity contribution in [1.29, 1.82) is 0 Å². The first-order valence-electron chi connectivity index (χ1n) is 25.2. The number of carbonyl (C=O) groups excluding carboxylic acids is 3. The van der Waals surface area contributed by atoms with Gasteiger partial charge in [-0.2, -0.15) is 0 Å². The lowest BCUT2D eigenvalue weighted by Gasteiger charge is -2.36. The second-order valence-corrected chi connectivity index (χ2v) is 19.5. The van der Waals surface area contributed by atoms with Gasteiger partial charge in [0.1, 0.15) is 36.8 Å². The molecule has 12 atom stereocenters. The van der Waals surface area contributed by atoms with E-state index < -0.39 is 112 Å². The summed E-state index contributed by atoms with van der Waals surface area (Å²) in [6.45, 7) is 2.71. The van der Waals surface area contributed by atoms with E-state index in [4.69, 9.17) is 18.5 Å². The van der Waals surface area contributed by atoms with Crippen LogP contribution in [0, 0.1) is 11.8 Å². The lowest BCUT2D eigenvalue weighted by Crippen LogP contribution is -2.55. The minimum absolute atomic E-state index is 0.0312. The van der Waals surface area contributed by atoms with Crippen LogP contribution in [-0.2, 0) is 37.5 Å². The van der Waals surface area contributed by atoms with E-state index >= 15 is 0 Å². The van der Waals surface area contributed by atoms with Crippen LogP contribution in [0.4, 0.5) is 0 Å². The molecule has 1 heterocycles. The monoisotopic (exact) mass is 985 g/mol. The van der Waals surface area contributed by atoms with Gasteiger partial charge in [0.05, 0.1) is 31.0 Å². The van der Waals surface area contributed by atoms with Gasteiger partial charge >= 0.3 is 19.8 Å². The van der Waals surface area contributed by atoms with E-state index in [1.54, 1.807) is 0 Å². The summed E-state index contributed by atoms with van der Waals surface area (Å²) in [5.41, 5.74) is 0. The number of fused-ring (bicyclic) bond motifs is 4. The molecule has 0 spiro atoms. The Hall–Kier alpha value is -2.86.